The lowest BCUT2D eigenvalue weighted by Gasteiger charge is -2.10. The van der Waals surface area contributed by atoms with Gasteiger partial charge in [-0.3, -0.25) is 0 Å². The van der Waals surface area contributed by atoms with Crippen molar-refractivity contribution >= 4 is 64.6 Å². The summed E-state index contributed by atoms with van der Waals surface area (Å²) >= 11 is 1.85. The van der Waals surface area contributed by atoms with Crippen LogP contribution in [0.25, 0.3) is 64.4 Å². The number of allylic oxidation sites excluding steroid dienone is 4. The highest BCUT2D eigenvalue weighted by atomic mass is 32.1. The molecular formula is C47H42OS. The Morgan fingerprint density at radius 2 is 1.20 bits per heavy atom. The molecule has 8 rings (SSSR count). The van der Waals surface area contributed by atoms with Crippen molar-refractivity contribution in [2.45, 2.75) is 34.6 Å². The quantitative estimate of drug-likeness (QED) is 0.136. The summed E-state index contributed by atoms with van der Waals surface area (Å²) in [6.45, 7) is 18.3. The number of aryl methyl sites for hydroxylation is 2. The van der Waals surface area contributed by atoms with Gasteiger partial charge in [-0.1, -0.05) is 127 Å². The second-order valence-electron chi connectivity index (χ2n) is 12.7. The first-order chi connectivity index (χ1) is 23.7. The van der Waals surface area contributed by atoms with E-state index in [1.807, 2.05) is 43.4 Å². The number of hydrogen-bond donors (Lipinski definition) is 0. The van der Waals surface area contributed by atoms with E-state index in [4.69, 9.17) is 4.42 Å². The average Bonchev–Trinajstić information content (AvgIpc) is 3.68. The Morgan fingerprint density at radius 1 is 0.571 bits per heavy atom. The normalized spacial score (nSPS) is 11.2. The van der Waals surface area contributed by atoms with Crippen LogP contribution in [0.3, 0.4) is 0 Å². The van der Waals surface area contributed by atoms with Crippen LogP contribution in [0.1, 0.15) is 43.0 Å². The Kier molecular flexibility index (Phi) is 10.1. The van der Waals surface area contributed by atoms with Crippen LogP contribution in [0.15, 0.2) is 163 Å². The van der Waals surface area contributed by atoms with E-state index in [1.54, 1.807) is 0 Å². The Labute approximate surface area is 294 Å². The van der Waals surface area contributed by atoms with Crippen molar-refractivity contribution in [3.63, 3.8) is 0 Å². The maximum atomic E-state index is 6.01. The zero-order valence-corrected chi connectivity index (χ0v) is 29.8. The molecule has 49 heavy (non-hydrogen) atoms. The minimum atomic E-state index is 0.952. The Balaban J connectivity index is 0.000000155. The van der Waals surface area contributed by atoms with Gasteiger partial charge in [0.25, 0.3) is 0 Å². The van der Waals surface area contributed by atoms with Crippen LogP contribution < -0.4 is 0 Å². The number of benzene rings is 6. The maximum absolute atomic E-state index is 6.01. The molecule has 0 radical (unpaired) electrons. The van der Waals surface area contributed by atoms with Gasteiger partial charge in [-0.15, -0.1) is 17.9 Å². The number of fused-ring (bicyclic) bond motifs is 6. The van der Waals surface area contributed by atoms with Crippen molar-refractivity contribution < 1.29 is 4.42 Å². The molecule has 0 fully saturated rings. The van der Waals surface area contributed by atoms with Gasteiger partial charge >= 0.3 is 0 Å². The van der Waals surface area contributed by atoms with Crippen LogP contribution in [0.5, 0.6) is 0 Å². The molecule has 0 unspecified atom stereocenters. The Morgan fingerprint density at radius 3 is 1.96 bits per heavy atom. The van der Waals surface area contributed by atoms with Gasteiger partial charge in [0, 0.05) is 30.9 Å². The summed E-state index contributed by atoms with van der Waals surface area (Å²) in [5, 5.41) is 5.05. The van der Waals surface area contributed by atoms with E-state index < -0.39 is 0 Å². The van der Waals surface area contributed by atoms with Gasteiger partial charge in [0.1, 0.15) is 11.2 Å². The van der Waals surface area contributed by atoms with E-state index in [2.05, 4.69) is 155 Å². The molecule has 0 aliphatic carbocycles. The van der Waals surface area contributed by atoms with Gasteiger partial charge in [-0.2, -0.15) is 0 Å². The van der Waals surface area contributed by atoms with Crippen molar-refractivity contribution in [1.29, 1.82) is 0 Å². The van der Waals surface area contributed by atoms with E-state index in [9.17, 15) is 0 Å². The van der Waals surface area contributed by atoms with Gasteiger partial charge in [0.05, 0.1) is 0 Å². The molecule has 0 N–H and O–H groups in total. The molecule has 2 aromatic heterocycles. The summed E-state index contributed by atoms with van der Waals surface area (Å²) in [6.07, 6.45) is 2.19. The van der Waals surface area contributed by atoms with Crippen LogP contribution in [0, 0.1) is 13.8 Å². The number of rotatable bonds is 4. The van der Waals surface area contributed by atoms with Crippen LogP contribution in [-0.4, -0.2) is 0 Å². The molecule has 0 amide bonds. The van der Waals surface area contributed by atoms with E-state index >= 15 is 0 Å². The summed E-state index contributed by atoms with van der Waals surface area (Å²) in [7, 11) is 0. The topological polar surface area (TPSA) is 13.1 Å². The molecule has 0 spiro atoms. The first-order valence-electron chi connectivity index (χ1n) is 16.6. The van der Waals surface area contributed by atoms with Crippen molar-refractivity contribution in [1.82, 2.24) is 0 Å². The van der Waals surface area contributed by atoms with Gasteiger partial charge in [0.15, 0.2) is 0 Å². The monoisotopic (exact) mass is 654 g/mol. The number of furan rings is 1. The van der Waals surface area contributed by atoms with E-state index in [0.717, 1.165) is 16.7 Å². The van der Waals surface area contributed by atoms with Gasteiger partial charge in [-0.05, 0) is 103 Å². The largest absolute Gasteiger partial charge is 0.456 e. The fourth-order valence-corrected chi connectivity index (χ4v) is 7.42. The van der Waals surface area contributed by atoms with E-state index in [0.29, 0.717) is 0 Å². The molecule has 0 saturated carbocycles. The number of hydrogen-bond acceptors (Lipinski definition) is 2. The van der Waals surface area contributed by atoms with Crippen molar-refractivity contribution in [3.8, 4) is 11.1 Å². The summed E-state index contributed by atoms with van der Waals surface area (Å²) in [5.41, 5.74) is 13.0. The van der Waals surface area contributed by atoms with Crippen LogP contribution in [0.2, 0.25) is 0 Å². The third kappa shape index (κ3) is 7.21. The molecule has 0 aliphatic rings. The summed E-state index contributed by atoms with van der Waals surface area (Å²) < 4.78 is 8.66. The number of thiophene rings is 1. The minimum Gasteiger partial charge on any atom is -0.456 e. The third-order valence-electron chi connectivity index (χ3n) is 8.53. The second kappa shape index (κ2) is 14.8. The van der Waals surface area contributed by atoms with Crippen molar-refractivity contribution in [2.75, 3.05) is 0 Å². The predicted molar refractivity (Wildman–Crippen MR) is 218 cm³/mol. The standard InChI is InChI=1S/C23H18S.C20H16O.C4H8/c1-16(18-9-4-3-5-10-18)15-17(2)19-12-8-14-22-23(19)20-11-6-7-13-21(20)24-22;1-13-7-3-4-8-15(13)19-14(2)11-12-18-20(19)16-9-5-6-10-17(16)21-18;1-4(2)3/h3-15H,2H2,1H3;3-12H,1-2H3;1H2,2-3H3/b16-15+;;. The zero-order chi connectivity index (χ0) is 34.5. The lowest BCUT2D eigenvalue weighted by molar-refractivity contribution is 0.669. The fourth-order valence-electron chi connectivity index (χ4n) is 6.29. The molecule has 6 aromatic carbocycles. The molecule has 8 aromatic rings. The smallest absolute Gasteiger partial charge is 0.136 e. The van der Waals surface area contributed by atoms with Gasteiger partial charge in [0.2, 0.25) is 0 Å². The van der Waals surface area contributed by atoms with Crippen LogP contribution in [-0.2, 0) is 0 Å². The molecule has 0 aliphatic heterocycles. The molecular weight excluding hydrogens is 613 g/mol. The highest BCUT2D eigenvalue weighted by Gasteiger charge is 2.15. The SMILES string of the molecule is C=C(/C=C(\C)c1ccccc1)c1cccc2sc3ccccc3c12.C=C(C)C.Cc1ccccc1-c1c(C)ccc2oc3ccccc3c12. The van der Waals surface area contributed by atoms with Gasteiger partial charge < -0.3 is 4.42 Å². The highest BCUT2D eigenvalue weighted by molar-refractivity contribution is 7.25. The first-order valence-corrected chi connectivity index (χ1v) is 17.5. The first kappa shape index (κ1) is 33.5. The van der Waals surface area contributed by atoms with E-state index in [-0.39, 0.29) is 0 Å². The van der Waals surface area contributed by atoms with Crippen LogP contribution >= 0.6 is 11.3 Å². The van der Waals surface area contributed by atoms with Crippen LogP contribution in [0.4, 0.5) is 0 Å². The molecule has 0 atom stereocenters. The molecule has 0 saturated heterocycles. The Hall–Kier alpha value is -5.44. The molecule has 2 heteroatoms. The molecule has 242 valence electrons. The lowest BCUT2D eigenvalue weighted by atomic mass is 9.92. The summed E-state index contributed by atoms with van der Waals surface area (Å²) in [5.74, 6) is 0. The number of para-hydroxylation sites is 1. The van der Waals surface area contributed by atoms with Crippen molar-refractivity contribution in [3.05, 3.63) is 181 Å². The Bertz CT molecular complexity index is 2460. The molecule has 1 nitrogen and oxygen atoms in total. The molecule has 0 bridgehead atoms. The lowest BCUT2D eigenvalue weighted by Crippen LogP contribution is -1.87. The highest BCUT2D eigenvalue weighted by Crippen LogP contribution is 2.40. The predicted octanol–water partition coefficient (Wildman–Crippen LogP) is 14.6. The zero-order valence-electron chi connectivity index (χ0n) is 29.0. The minimum absolute atomic E-state index is 0.952. The average molecular weight is 655 g/mol. The summed E-state index contributed by atoms with van der Waals surface area (Å²) in [6, 6.07) is 46.6. The maximum Gasteiger partial charge on any atom is 0.136 e. The van der Waals surface area contributed by atoms with Crippen molar-refractivity contribution in [2.24, 2.45) is 0 Å². The second-order valence-corrected chi connectivity index (χ2v) is 13.8. The van der Waals surface area contributed by atoms with Gasteiger partial charge in [-0.25, -0.2) is 0 Å². The van der Waals surface area contributed by atoms with E-state index in [1.165, 1.54) is 75.5 Å². The fraction of sp³-hybridized carbons (Fsp3) is 0.106. The molecule has 2 heterocycles. The summed E-state index contributed by atoms with van der Waals surface area (Å²) in [4.78, 5) is 0. The third-order valence-corrected chi connectivity index (χ3v) is 9.67.